The van der Waals surface area contributed by atoms with Crippen LogP contribution in [0.2, 0.25) is 0 Å². The van der Waals surface area contributed by atoms with Crippen LogP contribution >= 0.6 is 0 Å². The van der Waals surface area contributed by atoms with Crippen molar-refractivity contribution in [1.82, 2.24) is 10.2 Å². The molecule has 0 unspecified atom stereocenters. The van der Waals surface area contributed by atoms with Crippen molar-refractivity contribution in [2.75, 3.05) is 19.6 Å². The first-order chi connectivity index (χ1) is 8.17. The van der Waals surface area contributed by atoms with Crippen LogP contribution in [-0.2, 0) is 9.59 Å². The van der Waals surface area contributed by atoms with Crippen molar-refractivity contribution in [3.05, 3.63) is 12.7 Å². The number of likely N-dealkylation sites (tertiary alicyclic amines) is 1. The SMILES string of the molecule is C=CC(=O)NCC1CCN(C(=O)CCC)CC1. The number of nitrogens with one attached hydrogen (secondary N) is 1. The molecule has 0 bridgehead atoms. The van der Waals surface area contributed by atoms with E-state index >= 15 is 0 Å². The maximum atomic E-state index is 11.7. The van der Waals surface area contributed by atoms with Gasteiger partial charge in [-0.15, -0.1) is 0 Å². The summed E-state index contributed by atoms with van der Waals surface area (Å²) in [5, 5.41) is 2.81. The number of hydrogen-bond donors (Lipinski definition) is 1. The van der Waals surface area contributed by atoms with Crippen molar-refractivity contribution in [2.45, 2.75) is 32.6 Å². The van der Waals surface area contributed by atoms with Crippen LogP contribution < -0.4 is 5.32 Å². The monoisotopic (exact) mass is 238 g/mol. The minimum atomic E-state index is -0.116. The van der Waals surface area contributed by atoms with Gasteiger partial charge in [0.1, 0.15) is 0 Å². The minimum Gasteiger partial charge on any atom is -0.352 e. The quantitative estimate of drug-likeness (QED) is 0.735. The summed E-state index contributed by atoms with van der Waals surface area (Å²) in [7, 11) is 0. The Labute approximate surface area is 103 Å². The van der Waals surface area contributed by atoms with Crippen LogP contribution in [0.5, 0.6) is 0 Å². The predicted molar refractivity (Wildman–Crippen MR) is 67.4 cm³/mol. The number of carbonyl (C=O) groups excluding carboxylic acids is 2. The fraction of sp³-hybridized carbons (Fsp3) is 0.692. The van der Waals surface area contributed by atoms with E-state index in [1.807, 2.05) is 11.8 Å². The lowest BCUT2D eigenvalue weighted by Crippen LogP contribution is -2.41. The van der Waals surface area contributed by atoms with Crippen LogP contribution in [0.25, 0.3) is 0 Å². The van der Waals surface area contributed by atoms with Gasteiger partial charge in [0.05, 0.1) is 0 Å². The van der Waals surface area contributed by atoms with Gasteiger partial charge in [0.2, 0.25) is 11.8 Å². The fourth-order valence-electron chi connectivity index (χ4n) is 2.08. The molecule has 0 radical (unpaired) electrons. The molecule has 1 heterocycles. The highest BCUT2D eigenvalue weighted by Crippen LogP contribution is 2.17. The van der Waals surface area contributed by atoms with Crippen molar-refractivity contribution in [3.63, 3.8) is 0 Å². The molecular formula is C13H22N2O2. The molecule has 96 valence electrons. The Morgan fingerprint density at radius 1 is 1.41 bits per heavy atom. The van der Waals surface area contributed by atoms with Gasteiger partial charge in [0, 0.05) is 26.1 Å². The molecule has 0 saturated carbocycles. The van der Waals surface area contributed by atoms with Crippen LogP contribution in [-0.4, -0.2) is 36.3 Å². The van der Waals surface area contributed by atoms with Crippen molar-refractivity contribution < 1.29 is 9.59 Å². The number of hydrogen-bond acceptors (Lipinski definition) is 2. The molecule has 0 aromatic rings. The number of carbonyl (C=O) groups is 2. The van der Waals surface area contributed by atoms with E-state index in [0.29, 0.717) is 18.9 Å². The molecule has 0 aliphatic carbocycles. The predicted octanol–water partition coefficient (Wildman–Crippen LogP) is 1.33. The Kier molecular flexibility index (Phi) is 5.73. The third-order valence-corrected chi connectivity index (χ3v) is 3.18. The smallest absolute Gasteiger partial charge is 0.243 e. The van der Waals surface area contributed by atoms with Crippen molar-refractivity contribution in [1.29, 1.82) is 0 Å². The molecule has 0 aromatic carbocycles. The Morgan fingerprint density at radius 3 is 2.59 bits per heavy atom. The van der Waals surface area contributed by atoms with E-state index in [1.54, 1.807) is 0 Å². The topological polar surface area (TPSA) is 49.4 Å². The van der Waals surface area contributed by atoms with Crippen LogP contribution in [0.15, 0.2) is 12.7 Å². The molecule has 1 fully saturated rings. The van der Waals surface area contributed by atoms with E-state index < -0.39 is 0 Å². The molecule has 1 aliphatic heterocycles. The summed E-state index contributed by atoms with van der Waals surface area (Å²) in [6.45, 7) is 7.79. The zero-order valence-electron chi connectivity index (χ0n) is 10.6. The zero-order chi connectivity index (χ0) is 12.7. The molecule has 2 amide bonds. The normalized spacial score (nSPS) is 16.6. The molecule has 1 saturated heterocycles. The van der Waals surface area contributed by atoms with Crippen molar-refractivity contribution >= 4 is 11.8 Å². The highest BCUT2D eigenvalue weighted by Gasteiger charge is 2.22. The average molecular weight is 238 g/mol. The fourth-order valence-corrected chi connectivity index (χ4v) is 2.08. The van der Waals surface area contributed by atoms with Crippen LogP contribution in [0.3, 0.4) is 0 Å². The second kappa shape index (κ2) is 7.09. The first-order valence-electron chi connectivity index (χ1n) is 6.35. The van der Waals surface area contributed by atoms with E-state index in [0.717, 1.165) is 32.4 Å². The van der Waals surface area contributed by atoms with Gasteiger partial charge in [0.25, 0.3) is 0 Å². The second-order valence-electron chi connectivity index (χ2n) is 4.52. The van der Waals surface area contributed by atoms with Gasteiger partial charge in [-0.2, -0.15) is 0 Å². The van der Waals surface area contributed by atoms with E-state index in [1.165, 1.54) is 6.08 Å². The van der Waals surface area contributed by atoms with Gasteiger partial charge in [0.15, 0.2) is 0 Å². The number of piperidine rings is 1. The molecule has 17 heavy (non-hydrogen) atoms. The van der Waals surface area contributed by atoms with E-state index in [4.69, 9.17) is 0 Å². The minimum absolute atomic E-state index is 0.116. The largest absolute Gasteiger partial charge is 0.352 e. The van der Waals surface area contributed by atoms with Gasteiger partial charge >= 0.3 is 0 Å². The summed E-state index contributed by atoms with van der Waals surface area (Å²) >= 11 is 0. The van der Waals surface area contributed by atoms with E-state index in [2.05, 4.69) is 11.9 Å². The molecule has 1 rings (SSSR count). The standard InChI is InChI=1S/C13H22N2O2/c1-3-5-13(17)15-8-6-11(7-9-15)10-14-12(16)4-2/h4,11H,2-3,5-10H2,1H3,(H,14,16). The lowest BCUT2D eigenvalue weighted by atomic mass is 9.96. The molecule has 0 spiro atoms. The number of rotatable bonds is 5. The average Bonchev–Trinajstić information content (AvgIpc) is 2.36. The molecule has 4 nitrogen and oxygen atoms in total. The summed E-state index contributed by atoms with van der Waals surface area (Å²) in [4.78, 5) is 24.6. The van der Waals surface area contributed by atoms with Gasteiger partial charge in [-0.3, -0.25) is 9.59 Å². The Bertz CT molecular complexity index is 281. The third kappa shape index (κ3) is 4.59. The first kappa shape index (κ1) is 13.7. The number of amides is 2. The maximum absolute atomic E-state index is 11.7. The zero-order valence-corrected chi connectivity index (χ0v) is 10.6. The third-order valence-electron chi connectivity index (χ3n) is 3.18. The lowest BCUT2D eigenvalue weighted by molar-refractivity contribution is -0.132. The van der Waals surface area contributed by atoms with Crippen LogP contribution in [0.1, 0.15) is 32.6 Å². The molecule has 1 N–H and O–H groups in total. The summed E-state index contributed by atoms with van der Waals surface area (Å²) in [5.74, 6) is 0.639. The molecule has 1 aliphatic rings. The van der Waals surface area contributed by atoms with Crippen LogP contribution in [0.4, 0.5) is 0 Å². The van der Waals surface area contributed by atoms with E-state index in [9.17, 15) is 9.59 Å². The highest BCUT2D eigenvalue weighted by molar-refractivity contribution is 5.86. The van der Waals surface area contributed by atoms with Crippen LogP contribution in [0, 0.1) is 5.92 Å². The molecular weight excluding hydrogens is 216 g/mol. The van der Waals surface area contributed by atoms with Crippen molar-refractivity contribution in [3.8, 4) is 0 Å². The van der Waals surface area contributed by atoms with Gasteiger partial charge in [-0.1, -0.05) is 13.5 Å². The molecule has 4 heteroatoms. The lowest BCUT2D eigenvalue weighted by Gasteiger charge is -2.32. The summed E-state index contributed by atoms with van der Waals surface area (Å²) in [6, 6.07) is 0. The van der Waals surface area contributed by atoms with E-state index in [-0.39, 0.29) is 11.8 Å². The Balaban J connectivity index is 2.23. The second-order valence-corrected chi connectivity index (χ2v) is 4.52. The summed E-state index contributed by atoms with van der Waals surface area (Å²) < 4.78 is 0. The number of nitrogens with zero attached hydrogens (tertiary/aromatic N) is 1. The first-order valence-corrected chi connectivity index (χ1v) is 6.35. The summed E-state index contributed by atoms with van der Waals surface area (Å²) in [5.41, 5.74) is 0. The highest BCUT2D eigenvalue weighted by atomic mass is 16.2. The van der Waals surface area contributed by atoms with Crippen molar-refractivity contribution in [2.24, 2.45) is 5.92 Å². The Morgan fingerprint density at radius 2 is 2.06 bits per heavy atom. The molecule has 0 atom stereocenters. The Hall–Kier alpha value is -1.32. The van der Waals surface area contributed by atoms with Gasteiger partial charge in [-0.25, -0.2) is 0 Å². The molecule has 0 aromatic heterocycles. The maximum Gasteiger partial charge on any atom is 0.243 e. The van der Waals surface area contributed by atoms with Gasteiger partial charge in [-0.05, 0) is 31.3 Å². The van der Waals surface area contributed by atoms with Gasteiger partial charge < -0.3 is 10.2 Å². The summed E-state index contributed by atoms with van der Waals surface area (Å²) in [6.07, 6.45) is 4.81.